The van der Waals surface area contributed by atoms with Gasteiger partial charge in [0.15, 0.2) is 10.5 Å². The number of aliphatic carboxylic acids is 1. The van der Waals surface area contributed by atoms with Crippen LogP contribution in [0, 0.1) is 0 Å². The number of nitrogens with zero attached hydrogens (tertiary/aromatic N) is 4. The molecule has 0 unspecified atom stereocenters. The Kier molecular flexibility index (Phi) is 7.93. The van der Waals surface area contributed by atoms with E-state index < -0.39 is 40.9 Å². The summed E-state index contributed by atoms with van der Waals surface area (Å²) in [6.07, 6.45) is 1.23. The van der Waals surface area contributed by atoms with Crippen molar-refractivity contribution in [3.05, 3.63) is 52.6 Å². The Morgan fingerprint density at radius 1 is 1.26 bits per heavy atom. The van der Waals surface area contributed by atoms with Crippen molar-refractivity contribution < 1.29 is 32.6 Å². The number of carbonyl (C=O) groups excluding carboxylic acids is 1. The van der Waals surface area contributed by atoms with Crippen LogP contribution in [0.4, 0.5) is 13.2 Å². The highest BCUT2D eigenvalue weighted by Crippen LogP contribution is 2.36. The number of likely N-dealkylation sites (tertiary alicyclic amines) is 1. The van der Waals surface area contributed by atoms with Gasteiger partial charge in [0.2, 0.25) is 0 Å². The van der Waals surface area contributed by atoms with Crippen molar-refractivity contribution in [1.82, 2.24) is 14.5 Å². The lowest BCUT2D eigenvalue weighted by Crippen LogP contribution is -2.53. The molecule has 3 aromatic rings. The van der Waals surface area contributed by atoms with Crippen LogP contribution in [-0.4, -0.2) is 49.7 Å². The first kappa shape index (κ1) is 27.8. The molecule has 1 atom stereocenters. The largest absolute Gasteiger partial charge is 0.480 e. The van der Waals surface area contributed by atoms with E-state index in [1.54, 1.807) is 41.8 Å². The van der Waals surface area contributed by atoms with Crippen LogP contribution < -0.4 is 9.54 Å². The Morgan fingerprint density at radius 2 is 2.03 bits per heavy atom. The van der Waals surface area contributed by atoms with E-state index in [2.05, 4.69) is 9.98 Å². The number of thiazole rings is 1. The van der Waals surface area contributed by atoms with E-state index in [1.807, 2.05) is 6.92 Å². The summed E-state index contributed by atoms with van der Waals surface area (Å²) < 4.78 is 50.3. The monoisotopic (exact) mass is 550 g/mol. The molecule has 204 valence electrons. The average Bonchev–Trinajstić information content (AvgIpc) is 3.47. The summed E-state index contributed by atoms with van der Waals surface area (Å²) in [6.45, 7) is 6.32. The van der Waals surface area contributed by atoms with Gasteiger partial charge in [-0.15, -0.1) is 0 Å². The van der Waals surface area contributed by atoms with Crippen LogP contribution in [0.15, 0.2) is 41.7 Å². The van der Waals surface area contributed by atoms with E-state index in [-0.39, 0.29) is 10.6 Å². The lowest BCUT2D eigenvalue weighted by Gasteiger charge is -2.38. The number of carboxylic acids is 1. The van der Waals surface area contributed by atoms with Crippen LogP contribution in [-0.2, 0) is 17.5 Å². The van der Waals surface area contributed by atoms with Crippen LogP contribution in [0.5, 0.6) is 5.75 Å². The standard InChI is InChI=1S/C26H29F3N4O4S/c1-4-5-12-32-20-15-30-11-10-21(20)38-24(32)31-22(34)17-14-16(8-9-18(17)26(27,28)29)37-25(2,3)33-13-6-7-19(33)23(35)36/h8-11,14-15,19H,4-7,12-13H2,1-3H3,(H,35,36)/t19-/m0/s1. The van der Waals surface area contributed by atoms with Crippen molar-refractivity contribution in [3.8, 4) is 5.75 Å². The van der Waals surface area contributed by atoms with Gasteiger partial charge in [0.05, 0.1) is 27.5 Å². The molecule has 12 heteroatoms. The number of carboxylic acid groups (broad SMARTS) is 1. The molecular weight excluding hydrogens is 521 g/mol. The number of halogens is 3. The molecule has 1 aromatic carbocycles. The number of ether oxygens (including phenoxy) is 1. The zero-order valence-corrected chi connectivity index (χ0v) is 22.1. The molecule has 0 aliphatic carbocycles. The highest BCUT2D eigenvalue weighted by atomic mass is 32.1. The summed E-state index contributed by atoms with van der Waals surface area (Å²) in [5, 5.41) is 9.54. The number of aromatic nitrogens is 2. The van der Waals surface area contributed by atoms with Crippen molar-refractivity contribution in [1.29, 1.82) is 0 Å². The van der Waals surface area contributed by atoms with Crippen molar-refractivity contribution in [2.75, 3.05) is 6.54 Å². The molecule has 1 aliphatic heterocycles. The van der Waals surface area contributed by atoms with Gasteiger partial charge < -0.3 is 14.4 Å². The number of amides is 1. The first-order valence-corrected chi connectivity index (χ1v) is 13.2. The number of fused-ring (bicyclic) bond motifs is 1. The summed E-state index contributed by atoms with van der Waals surface area (Å²) in [5.41, 5.74) is -2.15. The van der Waals surface area contributed by atoms with Crippen molar-refractivity contribution in [3.63, 3.8) is 0 Å². The van der Waals surface area contributed by atoms with Crippen LogP contribution >= 0.6 is 11.3 Å². The number of carbonyl (C=O) groups is 2. The molecule has 0 spiro atoms. The topological polar surface area (TPSA) is 97.0 Å². The van der Waals surface area contributed by atoms with E-state index in [4.69, 9.17) is 4.74 Å². The van der Waals surface area contributed by atoms with E-state index in [0.29, 0.717) is 25.9 Å². The summed E-state index contributed by atoms with van der Waals surface area (Å²) >= 11 is 1.21. The molecule has 4 rings (SSSR count). The number of unbranched alkanes of at least 4 members (excludes halogenated alkanes) is 1. The van der Waals surface area contributed by atoms with Crippen molar-refractivity contribution >= 4 is 33.4 Å². The van der Waals surface area contributed by atoms with Gasteiger partial charge in [-0.25, -0.2) is 0 Å². The molecule has 8 nitrogen and oxygen atoms in total. The summed E-state index contributed by atoms with van der Waals surface area (Å²) in [6, 6.07) is 3.98. The maximum atomic E-state index is 13.9. The summed E-state index contributed by atoms with van der Waals surface area (Å²) in [4.78, 5) is 35.1. The van der Waals surface area contributed by atoms with Crippen LogP contribution in [0.2, 0.25) is 0 Å². The predicted molar refractivity (Wildman–Crippen MR) is 136 cm³/mol. The Balaban J connectivity index is 1.75. The predicted octanol–water partition coefficient (Wildman–Crippen LogP) is 5.32. The highest BCUT2D eigenvalue weighted by molar-refractivity contribution is 7.16. The Hall–Kier alpha value is -3.25. The molecule has 38 heavy (non-hydrogen) atoms. The number of hydrogen-bond acceptors (Lipinski definition) is 6. The quantitative estimate of drug-likeness (QED) is 0.408. The molecule has 0 bridgehead atoms. The zero-order chi connectivity index (χ0) is 27.7. The van der Waals surface area contributed by atoms with Gasteiger partial charge in [-0.3, -0.25) is 19.5 Å². The minimum absolute atomic E-state index is 0.0111. The zero-order valence-electron chi connectivity index (χ0n) is 21.3. The minimum Gasteiger partial charge on any atom is -0.480 e. The lowest BCUT2D eigenvalue weighted by atomic mass is 10.1. The molecular formula is C26H29F3N4O4S. The molecule has 1 fully saturated rings. The van der Waals surface area contributed by atoms with Crippen LogP contribution in [0.25, 0.3) is 10.2 Å². The van der Waals surface area contributed by atoms with Crippen LogP contribution in [0.1, 0.15) is 62.4 Å². The molecule has 0 radical (unpaired) electrons. The maximum absolute atomic E-state index is 13.9. The summed E-state index contributed by atoms with van der Waals surface area (Å²) in [7, 11) is 0. The van der Waals surface area contributed by atoms with Gasteiger partial charge in [0.25, 0.3) is 5.91 Å². The van der Waals surface area contributed by atoms with Gasteiger partial charge >= 0.3 is 12.1 Å². The number of rotatable bonds is 8. The second kappa shape index (κ2) is 10.9. The summed E-state index contributed by atoms with van der Waals surface area (Å²) in [5.74, 6) is -2.02. The maximum Gasteiger partial charge on any atom is 0.417 e. The molecule has 1 aliphatic rings. The lowest BCUT2D eigenvalue weighted by molar-refractivity contribution is -0.150. The van der Waals surface area contributed by atoms with Crippen molar-refractivity contribution in [2.45, 2.75) is 70.9 Å². The first-order chi connectivity index (χ1) is 17.9. The fourth-order valence-electron chi connectivity index (χ4n) is 4.71. The third kappa shape index (κ3) is 5.75. The van der Waals surface area contributed by atoms with Gasteiger partial charge in [-0.05, 0) is 57.4 Å². The van der Waals surface area contributed by atoms with Gasteiger partial charge in [0.1, 0.15) is 11.8 Å². The fourth-order valence-corrected chi connectivity index (χ4v) is 5.73. The third-order valence-electron chi connectivity index (χ3n) is 6.54. The molecule has 2 aromatic heterocycles. The Bertz CT molecular complexity index is 1410. The molecule has 0 saturated carbocycles. The molecule has 3 heterocycles. The van der Waals surface area contributed by atoms with Gasteiger partial charge in [-0.1, -0.05) is 24.7 Å². The van der Waals surface area contributed by atoms with Crippen LogP contribution in [0.3, 0.4) is 0 Å². The number of alkyl halides is 3. The Labute approximate surface area is 221 Å². The molecule has 1 N–H and O–H groups in total. The van der Waals surface area contributed by atoms with E-state index >= 15 is 0 Å². The number of hydrogen-bond donors (Lipinski definition) is 1. The second-order valence-electron chi connectivity index (χ2n) is 9.59. The second-order valence-corrected chi connectivity index (χ2v) is 10.6. The fraction of sp³-hybridized carbons (Fsp3) is 0.462. The normalized spacial score (nSPS) is 17.3. The smallest absolute Gasteiger partial charge is 0.417 e. The van der Waals surface area contributed by atoms with Gasteiger partial charge in [0, 0.05) is 19.3 Å². The van der Waals surface area contributed by atoms with E-state index in [1.165, 1.54) is 11.3 Å². The van der Waals surface area contributed by atoms with E-state index in [9.17, 15) is 27.9 Å². The SMILES string of the molecule is CCCCn1c(=NC(=O)c2cc(OC(C)(C)N3CCC[C@H]3C(=O)O)ccc2C(F)(F)F)sc2ccncc21. The number of benzene rings is 1. The molecule has 1 saturated heterocycles. The number of aryl methyl sites for hydroxylation is 1. The highest BCUT2D eigenvalue weighted by Gasteiger charge is 2.42. The minimum atomic E-state index is -4.79. The Morgan fingerprint density at radius 3 is 2.71 bits per heavy atom. The molecule has 1 amide bonds. The van der Waals surface area contributed by atoms with E-state index in [0.717, 1.165) is 41.3 Å². The van der Waals surface area contributed by atoms with Gasteiger partial charge in [-0.2, -0.15) is 18.2 Å². The first-order valence-electron chi connectivity index (χ1n) is 12.3. The third-order valence-corrected chi connectivity index (χ3v) is 7.60. The average molecular weight is 551 g/mol. The number of pyridine rings is 1. The van der Waals surface area contributed by atoms with Crippen molar-refractivity contribution in [2.24, 2.45) is 4.99 Å².